The molecule has 0 heterocycles. The van der Waals surface area contributed by atoms with Crippen LogP contribution in [0.15, 0.2) is 12.1 Å². The van der Waals surface area contributed by atoms with Gasteiger partial charge in [-0.2, -0.15) is 0 Å². The Morgan fingerprint density at radius 1 is 1.35 bits per heavy atom. The number of nitrogens with one attached hydrogen (secondary N) is 1. The van der Waals surface area contributed by atoms with Crippen molar-refractivity contribution >= 4 is 6.09 Å². The highest BCUT2D eigenvalue weighted by atomic mass is 16.5. The van der Waals surface area contributed by atoms with Gasteiger partial charge >= 0.3 is 6.09 Å². The highest BCUT2D eigenvalue weighted by Crippen LogP contribution is 2.28. The van der Waals surface area contributed by atoms with E-state index >= 15 is 0 Å². The summed E-state index contributed by atoms with van der Waals surface area (Å²) in [5.41, 5.74) is 2.01. The first-order chi connectivity index (χ1) is 8.08. The molecule has 2 N–H and O–H groups in total. The van der Waals surface area contributed by atoms with Gasteiger partial charge in [0.15, 0.2) is 0 Å². The van der Waals surface area contributed by atoms with Gasteiger partial charge < -0.3 is 19.9 Å². The van der Waals surface area contributed by atoms with E-state index in [4.69, 9.17) is 14.6 Å². The zero-order valence-electron chi connectivity index (χ0n) is 10.2. The largest absolute Gasteiger partial charge is 0.497 e. The summed E-state index contributed by atoms with van der Waals surface area (Å²) < 4.78 is 10.4. The van der Waals surface area contributed by atoms with Crippen LogP contribution in [0.25, 0.3) is 0 Å². The van der Waals surface area contributed by atoms with E-state index in [2.05, 4.69) is 5.32 Å². The Hall–Kier alpha value is -1.91. The van der Waals surface area contributed by atoms with Crippen molar-refractivity contribution in [2.75, 3.05) is 20.8 Å². The zero-order chi connectivity index (χ0) is 12.8. The highest BCUT2D eigenvalue weighted by Gasteiger charge is 2.09. The van der Waals surface area contributed by atoms with Crippen molar-refractivity contribution < 1.29 is 19.4 Å². The van der Waals surface area contributed by atoms with Crippen LogP contribution in [0.2, 0.25) is 0 Å². The van der Waals surface area contributed by atoms with Crippen molar-refractivity contribution in [2.45, 2.75) is 13.3 Å². The first-order valence-electron chi connectivity index (χ1n) is 5.26. The molecule has 1 rings (SSSR count). The minimum Gasteiger partial charge on any atom is -0.497 e. The summed E-state index contributed by atoms with van der Waals surface area (Å²) in [5.74, 6) is 1.45. The predicted molar refractivity (Wildman–Crippen MR) is 64.0 cm³/mol. The number of carbonyl (C=O) groups is 1. The van der Waals surface area contributed by atoms with Gasteiger partial charge in [0.25, 0.3) is 0 Å². The average Bonchev–Trinajstić information content (AvgIpc) is 2.30. The molecule has 0 fully saturated rings. The molecule has 0 saturated carbocycles. The molecule has 5 nitrogen and oxygen atoms in total. The second-order valence-corrected chi connectivity index (χ2v) is 3.61. The second kappa shape index (κ2) is 5.98. The lowest BCUT2D eigenvalue weighted by atomic mass is 10.0. The third-order valence-corrected chi connectivity index (χ3v) is 2.51. The molecule has 0 spiro atoms. The zero-order valence-corrected chi connectivity index (χ0v) is 10.2. The first kappa shape index (κ1) is 13.2. The van der Waals surface area contributed by atoms with Crippen LogP contribution in [-0.2, 0) is 6.42 Å². The summed E-state index contributed by atoms with van der Waals surface area (Å²) in [6, 6.07) is 3.70. The number of amides is 1. The van der Waals surface area contributed by atoms with Crippen molar-refractivity contribution in [3.05, 3.63) is 23.3 Å². The number of hydrogen-bond acceptors (Lipinski definition) is 3. The number of hydrogen-bond donors (Lipinski definition) is 2. The van der Waals surface area contributed by atoms with E-state index in [-0.39, 0.29) is 0 Å². The van der Waals surface area contributed by atoms with Crippen LogP contribution in [-0.4, -0.2) is 32.0 Å². The second-order valence-electron chi connectivity index (χ2n) is 3.61. The molecule has 0 aliphatic carbocycles. The Kier molecular flexibility index (Phi) is 4.63. The minimum absolute atomic E-state index is 0.360. The third-order valence-electron chi connectivity index (χ3n) is 2.51. The van der Waals surface area contributed by atoms with Crippen molar-refractivity contribution in [2.24, 2.45) is 0 Å². The number of benzene rings is 1. The quantitative estimate of drug-likeness (QED) is 0.822. The van der Waals surface area contributed by atoms with E-state index in [1.54, 1.807) is 20.3 Å². The van der Waals surface area contributed by atoms with Crippen molar-refractivity contribution in [1.29, 1.82) is 0 Å². The van der Waals surface area contributed by atoms with E-state index in [9.17, 15) is 4.79 Å². The summed E-state index contributed by atoms with van der Waals surface area (Å²) in [4.78, 5) is 10.4. The number of ether oxygens (including phenoxy) is 2. The van der Waals surface area contributed by atoms with Gasteiger partial charge in [-0.3, -0.25) is 0 Å². The number of aryl methyl sites for hydroxylation is 1. The van der Waals surface area contributed by atoms with E-state index in [1.807, 2.05) is 13.0 Å². The van der Waals surface area contributed by atoms with Gasteiger partial charge in [0.2, 0.25) is 0 Å². The van der Waals surface area contributed by atoms with Crippen LogP contribution < -0.4 is 14.8 Å². The highest BCUT2D eigenvalue weighted by molar-refractivity contribution is 5.64. The lowest BCUT2D eigenvalue weighted by Crippen LogP contribution is -2.23. The maximum absolute atomic E-state index is 10.4. The molecule has 0 atom stereocenters. The summed E-state index contributed by atoms with van der Waals surface area (Å²) >= 11 is 0. The van der Waals surface area contributed by atoms with Gasteiger partial charge in [0.05, 0.1) is 14.2 Å². The fourth-order valence-corrected chi connectivity index (χ4v) is 1.67. The van der Waals surface area contributed by atoms with Gasteiger partial charge in [-0.15, -0.1) is 0 Å². The van der Waals surface area contributed by atoms with Crippen LogP contribution in [0.3, 0.4) is 0 Å². The van der Waals surface area contributed by atoms with Crippen LogP contribution in [0.4, 0.5) is 4.79 Å². The van der Waals surface area contributed by atoms with Crippen LogP contribution in [0.5, 0.6) is 11.5 Å². The molecule has 1 aromatic rings. The van der Waals surface area contributed by atoms with Gasteiger partial charge in [0.1, 0.15) is 11.5 Å². The van der Waals surface area contributed by atoms with E-state index in [0.717, 1.165) is 16.9 Å². The molecule has 1 amide bonds. The van der Waals surface area contributed by atoms with Gasteiger partial charge in [0, 0.05) is 12.6 Å². The molecule has 0 unspecified atom stereocenters. The predicted octanol–water partition coefficient (Wildman–Crippen LogP) is 1.82. The van der Waals surface area contributed by atoms with Crippen LogP contribution in [0, 0.1) is 6.92 Å². The fraction of sp³-hybridized carbons (Fsp3) is 0.417. The SMILES string of the molecule is COc1cc(C)c(CCNC(=O)O)c(OC)c1. The summed E-state index contributed by atoms with van der Waals surface area (Å²) in [6.07, 6.45) is -0.430. The van der Waals surface area contributed by atoms with Crippen molar-refractivity contribution in [3.63, 3.8) is 0 Å². The Morgan fingerprint density at radius 3 is 2.59 bits per heavy atom. The monoisotopic (exact) mass is 239 g/mol. The molecule has 0 bridgehead atoms. The topological polar surface area (TPSA) is 67.8 Å². The van der Waals surface area contributed by atoms with Crippen LogP contribution in [0.1, 0.15) is 11.1 Å². The van der Waals surface area contributed by atoms with Crippen molar-refractivity contribution in [3.8, 4) is 11.5 Å². The smallest absolute Gasteiger partial charge is 0.404 e. The average molecular weight is 239 g/mol. The summed E-state index contributed by atoms with van der Waals surface area (Å²) in [7, 11) is 3.18. The van der Waals surface area contributed by atoms with Gasteiger partial charge in [-0.05, 0) is 30.5 Å². The molecule has 0 aliphatic rings. The molecule has 5 heteroatoms. The Labute approximate surface area is 100 Å². The molecule has 17 heavy (non-hydrogen) atoms. The normalized spacial score (nSPS) is 9.82. The number of methoxy groups -OCH3 is 2. The molecular formula is C12H17NO4. The number of carboxylic acid groups (broad SMARTS) is 1. The van der Waals surface area contributed by atoms with E-state index < -0.39 is 6.09 Å². The lowest BCUT2D eigenvalue weighted by Gasteiger charge is -2.13. The summed E-state index contributed by atoms with van der Waals surface area (Å²) in [6.45, 7) is 2.31. The molecule has 0 saturated heterocycles. The van der Waals surface area contributed by atoms with Gasteiger partial charge in [-0.1, -0.05) is 0 Å². The molecule has 0 aliphatic heterocycles. The lowest BCUT2D eigenvalue weighted by molar-refractivity contribution is 0.194. The molecular weight excluding hydrogens is 222 g/mol. The van der Waals surface area contributed by atoms with E-state index in [1.165, 1.54) is 0 Å². The third kappa shape index (κ3) is 3.55. The molecule has 1 aromatic carbocycles. The first-order valence-corrected chi connectivity index (χ1v) is 5.26. The molecule has 94 valence electrons. The summed E-state index contributed by atoms with van der Waals surface area (Å²) in [5, 5.41) is 10.8. The van der Waals surface area contributed by atoms with Gasteiger partial charge in [-0.25, -0.2) is 4.79 Å². The molecule has 0 radical (unpaired) electrons. The van der Waals surface area contributed by atoms with E-state index in [0.29, 0.717) is 18.7 Å². The standard InChI is InChI=1S/C12H17NO4/c1-8-6-9(16-2)7-11(17-3)10(8)4-5-13-12(14)15/h6-7,13H,4-5H2,1-3H3,(H,14,15). The van der Waals surface area contributed by atoms with Crippen LogP contribution >= 0.6 is 0 Å². The number of rotatable bonds is 5. The minimum atomic E-state index is -1.02. The molecule has 0 aromatic heterocycles. The maximum atomic E-state index is 10.4. The Bertz CT molecular complexity index is 404. The fourth-order valence-electron chi connectivity index (χ4n) is 1.67. The van der Waals surface area contributed by atoms with Crippen molar-refractivity contribution in [1.82, 2.24) is 5.32 Å². The Morgan fingerprint density at radius 2 is 2.06 bits per heavy atom. The maximum Gasteiger partial charge on any atom is 0.404 e. The Balaban J connectivity index is 2.86.